The van der Waals surface area contributed by atoms with Gasteiger partial charge in [0.1, 0.15) is 0 Å². The quantitative estimate of drug-likeness (QED) is 0.345. The molecule has 0 aromatic carbocycles. The zero-order valence-electron chi connectivity index (χ0n) is 11.0. The molecule has 0 radical (unpaired) electrons. The molecular weight excluding hydrogens is 254 g/mol. The van der Waals surface area contributed by atoms with Gasteiger partial charge in [-0.1, -0.05) is 13.3 Å². The molecule has 0 fully saturated rings. The molecule has 104 valence electrons. The molecule has 1 aliphatic heterocycles. The molecule has 0 spiro atoms. The van der Waals surface area contributed by atoms with E-state index < -0.39 is 0 Å². The number of unbranched alkanes of at least 4 members (excludes halogenated alkanes) is 1. The predicted molar refractivity (Wildman–Crippen MR) is 74.2 cm³/mol. The second-order valence-electron chi connectivity index (χ2n) is 4.18. The van der Waals surface area contributed by atoms with Gasteiger partial charge in [-0.25, -0.2) is 10.4 Å². The maximum Gasteiger partial charge on any atom is 0.250 e. The van der Waals surface area contributed by atoms with Crippen molar-refractivity contribution in [3.63, 3.8) is 0 Å². The van der Waals surface area contributed by atoms with Crippen molar-refractivity contribution < 1.29 is 4.79 Å². The predicted octanol–water partition coefficient (Wildman–Crippen LogP) is 0.701. The molecule has 18 heavy (non-hydrogen) atoms. The first-order valence-corrected chi connectivity index (χ1v) is 5.88. The van der Waals surface area contributed by atoms with Crippen molar-refractivity contribution in [2.24, 2.45) is 5.73 Å². The van der Waals surface area contributed by atoms with Crippen molar-refractivity contribution in [2.75, 3.05) is 6.54 Å². The standard InChI is InChI=1S/C11H21N5O.ClH/c1-4-5-6-14-10(17)9-7(2)15-16(8(9)3)11(12)13;/h7,15H,4-6H2,1-3H3,(H3,12,13)(H,14,17);1H. The summed E-state index contributed by atoms with van der Waals surface area (Å²) in [6, 6.07) is -0.125. The van der Waals surface area contributed by atoms with Crippen molar-refractivity contribution in [3.8, 4) is 0 Å². The van der Waals surface area contributed by atoms with E-state index in [-0.39, 0.29) is 30.3 Å². The van der Waals surface area contributed by atoms with Crippen molar-refractivity contribution in [2.45, 2.75) is 39.7 Å². The first-order chi connectivity index (χ1) is 7.99. The highest BCUT2D eigenvalue weighted by Crippen LogP contribution is 2.19. The summed E-state index contributed by atoms with van der Waals surface area (Å²) in [6.45, 7) is 6.42. The Balaban J connectivity index is 0.00000289. The minimum absolute atomic E-state index is 0. The number of hydrogen-bond donors (Lipinski definition) is 4. The minimum atomic E-state index is -0.125. The summed E-state index contributed by atoms with van der Waals surface area (Å²) in [5.41, 5.74) is 9.73. The van der Waals surface area contributed by atoms with Crippen LogP contribution in [0, 0.1) is 5.41 Å². The average Bonchev–Trinajstić information content (AvgIpc) is 2.54. The number of rotatable bonds is 4. The van der Waals surface area contributed by atoms with Crippen molar-refractivity contribution in [1.29, 1.82) is 5.41 Å². The Morgan fingerprint density at radius 1 is 1.61 bits per heavy atom. The lowest BCUT2D eigenvalue weighted by Gasteiger charge is -2.18. The summed E-state index contributed by atoms with van der Waals surface area (Å²) in [4.78, 5) is 12.0. The Morgan fingerprint density at radius 2 is 2.22 bits per heavy atom. The summed E-state index contributed by atoms with van der Waals surface area (Å²) >= 11 is 0. The molecule has 0 bridgehead atoms. The minimum Gasteiger partial charge on any atom is -0.369 e. The fraction of sp³-hybridized carbons (Fsp3) is 0.636. The molecule has 5 N–H and O–H groups in total. The topological polar surface area (TPSA) is 94.2 Å². The van der Waals surface area contributed by atoms with Gasteiger partial charge in [0.25, 0.3) is 5.91 Å². The van der Waals surface area contributed by atoms with Crippen molar-refractivity contribution in [3.05, 3.63) is 11.3 Å². The molecular formula is C11H22ClN5O. The van der Waals surface area contributed by atoms with Gasteiger partial charge >= 0.3 is 0 Å². The van der Waals surface area contributed by atoms with E-state index in [1.165, 1.54) is 5.01 Å². The van der Waals surface area contributed by atoms with E-state index in [0.717, 1.165) is 12.8 Å². The molecule has 0 aromatic rings. The third-order valence-corrected chi connectivity index (χ3v) is 2.78. The Kier molecular flexibility index (Phi) is 6.72. The number of hydrogen-bond acceptors (Lipinski definition) is 3. The number of nitrogens with two attached hydrogens (primary N) is 1. The van der Waals surface area contributed by atoms with Crippen LogP contribution in [-0.4, -0.2) is 29.5 Å². The number of allylic oxidation sites excluding steroid dienone is 1. The second kappa shape index (κ2) is 7.23. The fourth-order valence-electron chi connectivity index (χ4n) is 1.87. The van der Waals surface area contributed by atoms with Crippen LogP contribution in [0.15, 0.2) is 11.3 Å². The van der Waals surface area contributed by atoms with E-state index in [9.17, 15) is 4.79 Å². The number of nitrogens with zero attached hydrogens (tertiary/aromatic N) is 1. The van der Waals surface area contributed by atoms with Crippen LogP contribution >= 0.6 is 12.4 Å². The van der Waals surface area contributed by atoms with Crippen LogP contribution in [-0.2, 0) is 4.79 Å². The molecule has 1 heterocycles. The summed E-state index contributed by atoms with van der Waals surface area (Å²) in [7, 11) is 0. The Morgan fingerprint density at radius 3 is 2.67 bits per heavy atom. The lowest BCUT2D eigenvalue weighted by Crippen LogP contribution is -2.44. The summed E-state index contributed by atoms with van der Waals surface area (Å²) in [5.74, 6) is -0.189. The first kappa shape index (κ1) is 16.7. The second-order valence-corrected chi connectivity index (χ2v) is 4.18. The number of halogens is 1. The Labute approximate surface area is 114 Å². The van der Waals surface area contributed by atoms with Crippen LogP contribution < -0.4 is 16.5 Å². The molecule has 6 nitrogen and oxygen atoms in total. The molecule has 1 unspecified atom stereocenters. The van der Waals surface area contributed by atoms with E-state index in [0.29, 0.717) is 17.8 Å². The van der Waals surface area contributed by atoms with Crippen LogP contribution in [0.2, 0.25) is 0 Å². The highest BCUT2D eigenvalue weighted by molar-refractivity contribution is 5.96. The maximum absolute atomic E-state index is 12.0. The molecule has 0 saturated carbocycles. The van der Waals surface area contributed by atoms with Crippen LogP contribution in [0.25, 0.3) is 0 Å². The first-order valence-electron chi connectivity index (χ1n) is 5.88. The van der Waals surface area contributed by atoms with E-state index in [1.54, 1.807) is 6.92 Å². The molecule has 0 saturated heterocycles. The number of carbonyl (C=O) groups excluding carboxylic acids is 1. The number of hydrazine groups is 1. The fourth-order valence-corrected chi connectivity index (χ4v) is 1.87. The zero-order valence-corrected chi connectivity index (χ0v) is 11.9. The van der Waals surface area contributed by atoms with Gasteiger partial charge in [0, 0.05) is 12.2 Å². The molecule has 1 aliphatic rings. The van der Waals surface area contributed by atoms with E-state index >= 15 is 0 Å². The van der Waals surface area contributed by atoms with Crippen molar-refractivity contribution in [1.82, 2.24) is 15.8 Å². The number of amides is 1. The van der Waals surface area contributed by atoms with Gasteiger partial charge < -0.3 is 11.1 Å². The Hall–Kier alpha value is -1.27. The van der Waals surface area contributed by atoms with E-state index in [4.69, 9.17) is 11.1 Å². The van der Waals surface area contributed by atoms with Gasteiger partial charge in [0.2, 0.25) is 5.96 Å². The summed E-state index contributed by atoms with van der Waals surface area (Å²) < 4.78 is 0. The van der Waals surface area contributed by atoms with Gasteiger partial charge in [0.15, 0.2) is 0 Å². The SMILES string of the molecule is CCCCNC(=O)C1=C(C)N(C(=N)N)NC1C.Cl. The molecule has 0 aromatic heterocycles. The third-order valence-electron chi connectivity index (χ3n) is 2.78. The number of nitrogens with one attached hydrogen (secondary N) is 3. The van der Waals surface area contributed by atoms with Crippen LogP contribution in [0.4, 0.5) is 0 Å². The number of carbonyl (C=O) groups is 1. The Bertz CT molecular complexity index is 355. The zero-order chi connectivity index (χ0) is 13.0. The molecule has 1 rings (SSSR count). The molecule has 0 aliphatic carbocycles. The highest BCUT2D eigenvalue weighted by Gasteiger charge is 2.31. The molecule has 1 atom stereocenters. The third kappa shape index (κ3) is 3.61. The van der Waals surface area contributed by atoms with Gasteiger partial charge in [0.05, 0.1) is 11.6 Å². The lowest BCUT2D eigenvalue weighted by molar-refractivity contribution is -0.117. The lowest BCUT2D eigenvalue weighted by atomic mass is 10.1. The maximum atomic E-state index is 12.0. The van der Waals surface area contributed by atoms with Crippen molar-refractivity contribution >= 4 is 24.3 Å². The molecule has 7 heteroatoms. The van der Waals surface area contributed by atoms with E-state index in [2.05, 4.69) is 17.7 Å². The largest absolute Gasteiger partial charge is 0.369 e. The number of guanidine groups is 1. The van der Waals surface area contributed by atoms with Gasteiger partial charge in [-0.05, 0) is 20.3 Å². The smallest absolute Gasteiger partial charge is 0.250 e. The van der Waals surface area contributed by atoms with E-state index in [1.807, 2.05) is 6.92 Å². The normalized spacial score (nSPS) is 18.6. The monoisotopic (exact) mass is 275 g/mol. The van der Waals surface area contributed by atoms with Gasteiger partial charge in [-0.15, -0.1) is 12.4 Å². The van der Waals surface area contributed by atoms with Crippen LogP contribution in [0.3, 0.4) is 0 Å². The summed E-state index contributed by atoms with van der Waals surface area (Å²) in [5, 5.41) is 11.7. The highest BCUT2D eigenvalue weighted by atomic mass is 35.5. The molecule has 1 amide bonds. The van der Waals surface area contributed by atoms with Crippen LogP contribution in [0.5, 0.6) is 0 Å². The summed E-state index contributed by atoms with van der Waals surface area (Å²) in [6.07, 6.45) is 2.02. The van der Waals surface area contributed by atoms with Gasteiger partial charge in [-0.3, -0.25) is 10.2 Å². The average molecular weight is 276 g/mol. The van der Waals surface area contributed by atoms with Crippen LogP contribution in [0.1, 0.15) is 33.6 Å². The van der Waals surface area contributed by atoms with Gasteiger partial charge in [-0.2, -0.15) is 0 Å².